The first-order chi connectivity index (χ1) is 18.3. The van der Waals surface area contributed by atoms with Crippen LogP contribution in [-0.2, 0) is 19.6 Å². The molecule has 16 heteroatoms. The summed E-state index contributed by atoms with van der Waals surface area (Å²) in [5.74, 6) is -2.47. The number of carbonyl (C=O) groups excluding carboxylic acids is 1. The third kappa shape index (κ3) is 7.51. The van der Waals surface area contributed by atoms with Gasteiger partial charge in [-0.1, -0.05) is 5.16 Å². The third-order valence-corrected chi connectivity index (χ3v) is 7.80. The van der Waals surface area contributed by atoms with Crippen LogP contribution in [-0.4, -0.2) is 58.4 Å². The van der Waals surface area contributed by atoms with Gasteiger partial charge in [0.05, 0.1) is 10.2 Å². The van der Waals surface area contributed by atoms with Gasteiger partial charge in [0.2, 0.25) is 21.7 Å². The first-order valence-corrected chi connectivity index (χ1v) is 14.6. The predicted octanol–water partition coefficient (Wildman–Crippen LogP) is 3.01. The molecule has 4 rings (SSSR count). The molecule has 0 spiro atoms. The standard InChI is InChI=1S/C23H28BrFN6O7S/c1-23(2,3)36-18(32)12-39(34,35)26-11-13-4-6-14(7-5-13)27-20-19(28-38-29-20)21-30-37-22(33)31(21)15-8-9-17(25)16(24)10-15/h8-10,13-14,26H,4-7,11-12H2,1-3H3,(H,27,29). The van der Waals surface area contributed by atoms with Gasteiger partial charge in [-0.25, -0.2) is 31.5 Å². The van der Waals surface area contributed by atoms with Crippen molar-refractivity contribution in [2.75, 3.05) is 17.6 Å². The minimum Gasteiger partial charge on any atom is -0.459 e. The van der Waals surface area contributed by atoms with Crippen LogP contribution < -0.4 is 15.8 Å². The maximum atomic E-state index is 13.7. The van der Waals surface area contributed by atoms with E-state index in [9.17, 15) is 22.4 Å². The second kappa shape index (κ2) is 11.6. The number of hydrogen-bond donors (Lipinski definition) is 2. The number of ether oxygens (including phenoxy) is 1. The van der Waals surface area contributed by atoms with Crippen molar-refractivity contribution in [3.8, 4) is 17.2 Å². The van der Waals surface area contributed by atoms with Crippen LogP contribution in [0.1, 0.15) is 46.5 Å². The van der Waals surface area contributed by atoms with Crippen LogP contribution in [0.15, 0.2) is 36.6 Å². The maximum absolute atomic E-state index is 13.7. The monoisotopic (exact) mass is 630 g/mol. The third-order valence-electron chi connectivity index (χ3n) is 5.97. The Morgan fingerprint density at radius 3 is 2.59 bits per heavy atom. The SMILES string of the molecule is CC(C)(C)OC(=O)CS(=O)(=O)NCC1CCC(Nc2nonc2-c2noc(=O)n2-c2ccc(F)c(Br)c2)CC1. The first-order valence-electron chi connectivity index (χ1n) is 12.1. The molecule has 2 aromatic heterocycles. The number of anilines is 1. The lowest BCUT2D eigenvalue weighted by Crippen LogP contribution is -2.38. The normalized spacial score (nSPS) is 18.2. The van der Waals surface area contributed by atoms with Gasteiger partial charge >= 0.3 is 11.7 Å². The fourth-order valence-corrected chi connectivity index (χ4v) is 5.54. The number of nitrogens with one attached hydrogen (secondary N) is 2. The summed E-state index contributed by atoms with van der Waals surface area (Å²) >= 11 is 3.10. The van der Waals surface area contributed by atoms with Crippen LogP contribution in [0.5, 0.6) is 0 Å². The number of sulfonamides is 1. The van der Waals surface area contributed by atoms with Crippen LogP contribution in [0.3, 0.4) is 0 Å². The minimum absolute atomic E-state index is 0.0235. The number of rotatable bonds is 9. The molecule has 0 saturated heterocycles. The molecule has 0 unspecified atom stereocenters. The molecule has 1 saturated carbocycles. The molecule has 1 fully saturated rings. The fourth-order valence-electron chi connectivity index (χ4n) is 4.21. The van der Waals surface area contributed by atoms with E-state index >= 15 is 0 Å². The van der Waals surface area contributed by atoms with Crippen LogP contribution in [0.4, 0.5) is 10.2 Å². The molecule has 1 aliphatic rings. The molecule has 0 amide bonds. The van der Waals surface area contributed by atoms with Crippen molar-refractivity contribution < 1.29 is 31.5 Å². The highest BCUT2D eigenvalue weighted by atomic mass is 79.9. The summed E-state index contributed by atoms with van der Waals surface area (Å²) in [5, 5.41) is 14.8. The van der Waals surface area contributed by atoms with Crippen molar-refractivity contribution in [3.05, 3.63) is 39.0 Å². The average Bonchev–Trinajstić information content (AvgIpc) is 3.45. The Labute approximate surface area is 231 Å². The fraction of sp³-hybridized carbons (Fsp3) is 0.522. The largest absolute Gasteiger partial charge is 0.459 e. The van der Waals surface area contributed by atoms with Gasteiger partial charge in [0.15, 0.2) is 11.4 Å². The van der Waals surface area contributed by atoms with E-state index in [-0.39, 0.29) is 40.3 Å². The van der Waals surface area contributed by atoms with Crippen LogP contribution in [0.2, 0.25) is 0 Å². The van der Waals surface area contributed by atoms with Gasteiger partial charge in [-0.05, 0) is 96.8 Å². The van der Waals surface area contributed by atoms with Gasteiger partial charge < -0.3 is 10.1 Å². The van der Waals surface area contributed by atoms with E-state index in [2.05, 4.69) is 41.4 Å². The van der Waals surface area contributed by atoms with E-state index in [1.165, 1.54) is 18.2 Å². The average molecular weight is 631 g/mol. The highest BCUT2D eigenvalue weighted by molar-refractivity contribution is 9.10. The second-order valence-corrected chi connectivity index (χ2v) is 12.9. The molecular weight excluding hydrogens is 603 g/mol. The number of halogens is 2. The second-order valence-electron chi connectivity index (χ2n) is 10.2. The topological polar surface area (TPSA) is 171 Å². The predicted molar refractivity (Wildman–Crippen MR) is 140 cm³/mol. The summed E-state index contributed by atoms with van der Waals surface area (Å²) in [5.41, 5.74) is -0.327. The Bertz CT molecular complexity index is 1490. The van der Waals surface area contributed by atoms with Crippen molar-refractivity contribution in [2.24, 2.45) is 5.92 Å². The molecule has 13 nitrogen and oxygen atoms in total. The summed E-state index contributed by atoms with van der Waals surface area (Å²) in [4.78, 5) is 24.2. The number of esters is 1. The Balaban J connectivity index is 1.35. The van der Waals surface area contributed by atoms with Crippen LogP contribution in [0, 0.1) is 11.7 Å². The van der Waals surface area contributed by atoms with E-state index in [0.717, 1.165) is 4.57 Å². The summed E-state index contributed by atoms with van der Waals surface area (Å²) in [6, 6.07) is 3.96. The van der Waals surface area contributed by atoms with Crippen LogP contribution >= 0.6 is 15.9 Å². The van der Waals surface area contributed by atoms with Gasteiger partial charge in [-0.2, -0.15) is 0 Å². The van der Waals surface area contributed by atoms with E-state index in [4.69, 9.17) is 13.9 Å². The molecule has 2 N–H and O–H groups in total. The maximum Gasteiger partial charge on any atom is 0.446 e. The van der Waals surface area contributed by atoms with Gasteiger partial charge in [-0.3, -0.25) is 9.32 Å². The van der Waals surface area contributed by atoms with Gasteiger partial charge in [0, 0.05) is 12.6 Å². The zero-order valence-electron chi connectivity index (χ0n) is 21.4. The first kappa shape index (κ1) is 28.9. The number of hydrogen-bond acceptors (Lipinski definition) is 11. The zero-order chi connectivity index (χ0) is 28.4. The molecule has 39 heavy (non-hydrogen) atoms. The Morgan fingerprint density at radius 2 is 1.92 bits per heavy atom. The number of carbonyl (C=O) groups is 1. The summed E-state index contributed by atoms with van der Waals surface area (Å²) < 4.78 is 56.8. The van der Waals surface area contributed by atoms with E-state index in [1.807, 2.05) is 0 Å². The smallest absolute Gasteiger partial charge is 0.446 e. The number of benzene rings is 1. The van der Waals surface area contributed by atoms with Gasteiger partial charge in [-0.15, -0.1) is 0 Å². The quantitative estimate of drug-likeness (QED) is 0.333. The van der Waals surface area contributed by atoms with Crippen molar-refractivity contribution in [3.63, 3.8) is 0 Å². The highest BCUT2D eigenvalue weighted by Gasteiger charge is 2.28. The van der Waals surface area contributed by atoms with E-state index in [1.54, 1.807) is 20.8 Å². The summed E-state index contributed by atoms with van der Waals surface area (Å²) in [6.45, 7) is 5.23. The summed E-state index contributed by atoms with van der Waals surface area (Å²) in [6.07, 6.45) is 2.82. The molecule has 0 aliphatic heterocycles. The molecule has 0 radical (unpaired) electrons. The Hall–Kier alpha value is -3.11. The van der Waals surface area contributed by atoms with Crippen molar-refractivity contribution >= 4 is 37.7 Å². The van der Waals surface area contributed by atoms with E-state index in [0.29, 0.717) is 31.4 Å². The lowest BCUT2D eigenvalue weighted by molar-refractivity contribution is -0.151. The Morgan fingerprint density at radius 1 is 1.21 bits per heavy atom. The van der Waals surface area contributed by atoms with Crippen molar-refractivity contribution in [2.45, 2.75) is 58.1 Å². The molecule has 212 valence electrons. The van der Waals surface area contributed by atoms with Gasteiger partial charge in [0.1, 0.15) is 11.4 Å². The van der Waals surface area contributed by atoms with Crippen molar-refractivity contribution in [1.82, 2.24) is 24.8 Å². The lowest BCUT2D eigenvalue weighted by atomic mass is 9.86. The molecule has 0 atom stereocenters. The van der Waals surface area contributed by atoms with Crippen molar-refractivity contribution in [1.29, 1.82) is 0 Å². The lowest BCUT2D eigenvalue weighted by Gasteiger charge is -2.29. The molecule has 2 heterocycles. The van der Waals surface area contributed by atoms with Gasteiger partial charge in [0.25, 0.3) is 0 Å². The van der Waals surface area contributed by atoms with E-state index < -0.39 is 38.9 Å². The van der Waals surface area contributed by atoms with Crippen LogP contribution in [0.25, 0.3) is 17.2 Å². The summed E-state index contributed by atoms with van der Waals surface area (Å²) in [7, 11) is -3.81. The molecule has 3 aromatic rings. The molecule has 1 aromatic carbocycles. The zero-order valence-corrected chi connectivity index (χ0v) is 23.8. The molecule has 1 aliphatic carbocycles. The number of aromatic nitrogens is 4. The molecular formula is C23H28BrFN6O7S. The Kier molecular flexibility index (Phi) is 8.56. The molecule has 0 bridgehead atoms. The highest BCUT2D eigenvalue weighted by Crippen LogP contribution is 2.30. The number of nitrogens with zero attached hydrogens (tertiary/aromatic N) is 4. The minimum atomic E-state index is -3.81.